The maximum Gasteiger partial charge on any atom is 0.252 e. The molecule has 0 spiro atoms. The number of amides is 1. The van der Waals surface area contributed by atoms with E-state index in [1.54, 1.807) is 11.3 Å². The molecule has 2 aromatic heterocycles. The highest BCUT2D eigenvalue weighted by Crippen LogP contribution is 2.30. The summed E-state index contributed by atoms with van der Waals surface area (Å²) in [5.41, 5.74) is 8.80. The van der Waals surface area contributed by atoms with Gasteiger partial charge in [0.25, 0.3) is 5.91 Å². The third kappa shape index (κ3) is 3.44. The van der Waals surface area contributed by atoms with Crippen LogP contribution in [0.15, 0.2) is 10.8 Å². The molecule has 3 N–H and O–H groups in total. The molecule has 1 amide bonds. The zero-order valence-corrected chi connectivity index (χ0v) is 13.5. The lowest BCUT2D eigenvalue weighted by molar-refractivity contribution is 0.0952. The molecule has 112 valence electrons. The Labute approximate surface area is 132 Å². The van der Waals surface area contributed by atoms with Crippen LogP contribution in [0.4, 0.5) is 5.13 Å². The lowest BCUT2D eigenvalue weighted by atomic mass is 9.95. The van der Waals surface area contributed by atoms with Crippen molar-refractivity contribution in [2.45, 2.75) is 38.5 Å². The smallest absolute Gasteiger partial charge is 0.252 e. The molecule has 0 bridgehead atoms. The van der Waals surface area contributed by atoms with E-state index in [9.17, 15) is 4.79 Å². The van der Waals surface area contributed by atoms with Crippen molar-refractivity contribution in [2.75, 3.05) is 12.3 Å². The van der Waals surface area contributed by atoms with Gasteiger partial charge in [-0.1, -0.05) is 0 Å². The molecule has 0 radical (unpaired) electrons. The molecule has 0 saturated heterocycles. The van der Waals surface area contributed by atoms with E-state index in [1.807, 2.05) is 10.8 Å². The van der Waals surface area contributed by atoms with Crippen LogP contribution in [0.2, 0.25) is 0 Å². The second-order valence-corrected chi connectivity index (χ2v) is 7.15. The normalized spacial score (nSPS) is 13.9. The number of nitrogen functional groups attached to an aromatic ring is 1. The molecule has 21 heavy (non-hydrogen) atoms. The SMILES string of the molecule is Nc1nc(CCCNC(=O)c2csc3c2CCCC3)cs1. The van der Waals surface area contributed by atoms with Gasteiger partial charge in [0.1, 0.15) is 0 Å². The zero-order chi connectivity index (χ0) is 14.7. The Morgan fingerprint density at radius 2 is 2.14 bits per heavy atom. The molecule has 0 fully saturated rings. The van der Waals surface area contributed by atoms with Crippen molar-refractivity contribution >= 4 is 33.7 Å². The lowest BCUT2D eigenvalue weighted by Crippen LogP contribution is -2.25. The molecule has 0 unspecified atom stereocenters. The molecule has 0 aliphatic heterocycles. The quantitative estimate of drug-likeness (QED) is 0.832. The molecule has 0 saturated carbocycles. The van der Waals surface area contributed by atoms with E-state index >= 15 is 0 Å². The predicted octanol–water partition coefficient (Wildman–Crippen LogP) is 3.03. The van der Waals surface area contributed by atoms with E-state index in [2.05, 4.69) is 10.3 Å². The van der Waals surface area contributed by atoms with Gasteiger partial charge in [-0.3, -0.25) is 4.79 Å². The highest BCUT2D eigenvalue weighted by molar-refractivity contribution is 7.13. The maximum atomic E-state index is 12.3. The van der Waals surface area contributed by atoms with Crippen LogP contribution in [-0.2, 0) is 19.3 Å². The van der Waals surface area contributed by atoms with Crippen LogP contribution < -0.4 is 11.1 Å². The van der Waals surface area contributed by atoms with Gasteiger partial charge in [-0.15, -0.1) is 22.7 Å². The van der Waals surface area contributed by atoms with Crippen LogP contribution in [0.25, 0.3) is 0 Å². The van der Waals surface area contributed by atoms with Gasteiger partial charge < -0.3 is 11.1 Å². The molecular weight excluding hydrogens is 302 g/mol. The third-order valence-electron chi connectivity index (χ3n) is 3.77. The summed E-state index contributed by atoms with van der Waals surface area (Å²) in [5.74, 6) is 0.0761. The Morgan fingerprint density at radius 3 is 2.95 bits per heavy atom. The summed E-state index contributed by atoms with van der Waals surface area (Å²) in [6.45, 7) is 0.681. The van der Waals surface area contributed by atoms with Crippen LogP contribution in [0.1, 0.15) is 45.8 Å². The minimum absolute atomic E-state index is 0.0761. The van der Waals surface area contributed by atoms with Crippen molar-refractivity contribution in [3.8, 4) is 0 Å². The summed E-state index contributed by atoms with van der Waals surface area (Å²) >= 11 is 3.20. The van der Waals surface area contributed by atoms with Crippen molar-refractivity contribution in [1.29, 1.82) is 0 Å². The van der Waals surface area contributed by atoms with Crippen LogP contribution in [0, 0.1) is 0 Å². The Balaban J connectivity index is 1.49. The van der Waals surface area contributed by atoms with E-state index < -0.39 is 0 Å². The Morgan fingerprint density at radius 1 is 1.29 bits per heavy atom. The molecule has 4 nitrogen and oxygen atoms in total. The molecule has 0 atom stereocenters. The van der Waals surface area contributed by atoms with Crippen molar-refractivity contribution in [2.24, 2.45) is 0 Å². The maximum absolute atomic E-state index is 12.3. The molecule has 0 aromatic carbocycles. The van der Waals surface area contributed by atoms with E-state index in [0.29, 0.717) is 11.7 Å². The van der Waals surface area contributed by atoms with Crippen molar-refractivity contribution in [3.63, 3.8) is 0 Å². The molecule has 1 aliphatic rings. The van der Waals surface area contributed by atoms with E-state index in [4.69, 9.17) is 5.73 Å². The van der Waals surface area contributed by atoms with Gasteiger partial charge in [0.2, 0.25) is 0 Å². The summed E-state index contributed by atoms with van der Waals surface area (Å²) in [6.07, 6.45) is 6.40. The number of carbonyl (C=O) groups is 1. The number of nitrogens with two attached hydrogens (primary N) is 1. The second-order valence-electron chi connectivity index (χ2n) is 5.29. The number of nitrogens with zero attached hydrogens (tertiary/aromatic N) is 1. The number of anilines is 1. The van der Waals surface area contributed by atoms with Gasteiger partial charge in [0.15, 0.2) is 5.13 Å². The second kappa shape index (κ2) is 6.58. The molecule has 2 aromatic rings. The molecular formula is C15H19N3OS2. The topological polar surface area (TPSA) is 68.0 Å². The van der Waals surface area contributed by atoms with E-state index in [-0.39, 0.29) is 5.91 Å². The fourth-order valence-corrected chi connectivity index (χ4v) is 4.41. The number of hydrogen-bond acceptors (Lipinski definition) is 5. The number of thiazole rings is 1. The summed E-state index contributed by atoms with van der Waals surface area (Å²) in [7, 11) is 0. The first-order chi connectivity index (χ1) is 10.2. The fourth-order valence-electron chi connectivity index (χ4n) is 2.69. The van der Waals surface area contributed by atoms with Gasteiger partial charge in [0, 0.05) is 22.2 Å². The summed E-state index contributed by atoms with van der Waals surface area (Å²) in [4.78, 5) is 17.9. The van der Waals surface area contributed by atoms with Gasteiger partial charge in [-0.2, -0.15) is 0 Å². The average molecular weight is 321 g/mol. The Hall–Kier alpha value is -1.40. The Kier molecular flexibility index (Phi) is 4.55. The van der Waals surface area contributed by atoms with Gasteiger partial charge in [-0.05, 0) is 44.1 Å². The van der Waals surface area contributed by atoms with Crippen LogP contribution >= 0.6 is 22.7 Å². The van der Waals surface area contributed by atoms with Crippen LogP contribution in [-0.4, -0.2) is 17.4 Å². The summed E-state index contributed by atoms with van der Waals surface area (Å²) < 4.78 is 0. The zero-order valence-electron chi connectivity index (χ0n) is 11.9. The number of rotatable bonds is 5. The highest BCUT2D eigenvalue weighted by atomic mass is 32.1. The third-order valence-corrected chi connectivity index (χ3v) is 5.58. The van der Waals surface area contributed by atoms with Crippen molar-refractivity contribution in [1.82, 2.24) is 10.3 Å². The van der Waals surface area contributed by atoms with Crippen LogP contribution in [0.3, 0.4) is 0 Å². The van der Waals surface area contributed by atoms with Gasteiger partial charge in [0.05, 0.1) is 11.3 Å². The number of carbonyl (C=O) groups excluding carboxylic acids is 1. The van der Waals surface area contributed by atoms with E-state index in [0.717, 1.165) is 36.9 Å². The average Bonchev–Trinajstić information content (AvgIpc) is 3.09. The first kappa shape index (κ1) is 14.5. The monoisotopic (exact) mass is 321 g/mol. The molecule has 2 heterocycles. The summed E-state index contributed by atoms with van der Waals surface area (Å²) in [6, 6.07) is 0. The number of aryl methyl sites for hydroxylation is 2. The number of aromatic nitrogens is 1. The number of hydrogen-bond donors (Lipinski definition) is 2. The van der Waals surface area contributed by atoms with E-state index in [1.165, 1.54) is 34.6 Å². The fraction of sp³-hybridized carbons (Fsp3) is 0.467. The number of nitrogens with one attached hydrogen (secondary N) is 1. The standard InChI is InChI=1S/C15H19N3OS2/c16-15-18-10(8-21-15)4-3-7-17-14(19)12-9-20-13-6-2-1-5-11(12)13/h8-9H,1-7H2,(H2,16,18)(H,17,19). The molecule has 1 aliphatic carbocycles. The highest BCUT2D eigenvalue weighted by Gasteiger charge is 2.19. The predicted molar refractivity (Wildman–Crippen MR) is 88.1 cm³/mol. The Bertz CT molecular complexity index is 633. The first-order valence-corrected chi connectivity index (χ1v) is 9.07. The largest absolute Gasteiger partial charge is 0.375 e. The van der Waals surface area contributed by atoms with Crippen LogP contribution in [0.5, 0.6) is 0 Å². The van der Waals surface area contributed by atoms with Gasteiger partial charge >= 0.3 is 0 Å². The molecule has 6 heteroatoms. The summed E-state index contributed by atoms with van der Waals surface area (Å²) in [5, 5.41) is 7.63. The van der Waals surface area contributed by atoms with Crippen molar-refractivity contribution < 1.29 is 4.79 Å². The van der Waals surface area contributed by atoms with Crippen molar-refractivity contribution in [3.05, 3.63) is 32.5 Å². The van der Waals surface area contributed by atoms with Gasteiger partial charge in [-0.25, -0.2) is 4.98 Å². The molecule has 3 rings (SSSR count). The lowest BCUT2D eigenvalue weighted by Gasteiger charge is -2.12. The minimum Gasteiger partial charge on any atom is -0.375 e. The number of fused-ring (bicyclic) bond motifs is 1. The number of thiophene rings is 1. The minimum atomic E-state index is 0.0761. The first-order valence-electron chi connectivity index (χ1n) is 7.31.